The molecular formula is C21H17N3O. The van der Waals surface area contributed by atoms with E-state index in [9.17, 15) is 0 Å². The van der Waals surface area contributed by atoms with E-state index in [1.807, 2.05) is 30.3 Å². The number of hydrogen-bond acceptors (Lipinski definition) is 3. The maximum Gasteiger partial charge on any atom is 0.139 e. The number of hydrogen-bond donors (Lipinski definition) is 2. The van der Waals surface area contributed by atoms with Crippen LogP contribution >= 0.6 is 0 Å². The third kappa shape index (κ3) is 2.01. The average Bonchev–Trinajstić information content (AvgIpc) is 3.21. The molecule has 1 aromatic heterocycles. The van der Waals surface area contributed by atoms with Crippen molar-refractivity contribution in [3.05, 3.63) is 71.8 Å². The van der Waals surface area contributed by atoms with Crippen molar-refractivity contribution >= 4 is 11.0 Å². The lowest BCUT2D eigenvalue weighted by molar-refractivity contribution is 0.415. The molecule has 4 nitrogen and oxygen atoms in total. The van der Waals surface area contributed by atoms with Crippen molar-refractivity contribution in [2.24, 2.45) is 5.73 Å². The van der Waals surface area contributed by atoms with E-state index in [0.29, 0.717) is 0 Å². The minimum atomic E-state index is -0.0874. The Bertz CT molecular complexity index is 1110. The Balaban J connectivity index is 1.75. The van der Waals surface area contributed by atoms with E-state index in [-0.39, 0.29) is 6.04 Å². The van der Waals surface area contributed by atoms with Gasteiger partial charge in [0.1, 0.15) is 11.6 Å². The van der Waals surface area contributed by atoms with Crippen molar-refractivity contribution in [3.8, 4) is 28.3 Å². The van der Waals surface area contributed by atoms with Crippen LogP contribution in [0, 0.1) is 0 Å². The Morgan fingerprint density at radius 1 is 0.960 bits per heavy atom. The Labute approximate surface area is 145 Å². The molecule has 1 aliphatic rings. The Kier molecular flexibility index (Phi) is 2.96. The second-order valence-corrected chi connectivity index (χ2v) is 6.30. The fraction of sp³-hybridized carbons (Fsp3) is 0.0952. The van der Waals surface area contributed by atoms with E-state index in [0.717, 1.165) is 33.7 Å². The Hall–Kier alpha value is -3.11. The topological polar surface area (TPSA) is 63.9 Å². The monoisotopic (exact) mass is 327 g/mol. The lowest BCUT2D eigenvalue weighted by Gasteiger charge is -2.08. The zero-order valence-corrected chi connectivity index (χ0v) is 13.8. The van der Waals surface area contributed by atoms with Crippen LogP contribution in [0.3, 0.4) is 0 Å². The second kappa shape index (κ2) is 5.19. The van der Waals surface area contributed by atoms with Crippen molar-refractivity contribution in [3.63, 3.8) is 0 Å². The average molecular weight is 327 g/mol. The van der Waals surface area contributed by atoms with Crippen molar-refractivity contribution in [1.82, 2.24) is 9.97 Å². The van der Waals surface area contributed by atoms with Crippen LogP contribution in [-0.2, 0) is 0 Å². The van der Waals surface area contributed by atoms with Gasteiger partial charge in [-0.15, -0.1) is 0 Å². The number of benzene rings is 3. The maximum absolute atomic E-state index is 6.47. The number of fused-ring (bicyclic) bond motifs is 4. The highest BCUT2D eigenvalue weighted by Crippen LogP contribution is 2.46. The van der Waals surface area contributed by atoms with Crippen molar-refractivity contribution in [2.75, 3.05) is 7.11 Å². The Morgan fingerprint density at radius 2 is 1.76 bits per heavy atom. The molecular weight excluding hydrogens is 310 g/mol. The summed E-state index contributed by atoms with van der Waals surface area (Å²) in [5, 5.41) is 0. The number of ether oxygens (including phenoxy) is 1. The van der Waals surface area contributed by atoms with Gasteiger partial charge in [0.25, 0.3) is 0 Å². The number of methoxy groups -OCH3 is 1. The minimum Gasteiger partial charge on any atom is -0.497 e. The molecule has 1 aliphatic carbocycles. The van der Waals surface area contributed by atoms with Crippen LogP contribution in [0.25, 0.3) is 33.5 Å². The van der Waals surface area contributed by atoms with E-state index in [1.165, 1.54) is 16.7 Å². The first-order valence-corrected chi connectivity index (χ1v) is 8.28. The van der Waals surface area contributed by atoms with Crippen molar-refractivity contribution in [1.29, 1.82) is 0 Å². The fourth-order valence-electron chi connectivity index (χ4n) is 3.73. The summed E-state index contributed by atoms with van der Waals surface area (Å²) < 4.78 is 5.31. The fourth-order valence-corrected chi connectivity index (χ4v) is 3.73. The smallest absolute Gasteiger partial charge is 0.139 e. The largest absolute Gasteiger partial charge is 0.497 e. The molecule has 0 bridgehead atoms. The molecule has 0 saturated heterocycles. The number of nitrogens with one attached hydrogen (secondary N) is 1. The SMILES string of the molecule is COc1ccc2nc(-c3cccc4c3-c3ccccc3[C@H]4N)[nH]c2c1. The van der Waals surface area contributed by atoms with Gasteiger partial charge in [0.05, 0.1) is 24.2 Å². The second-order valence-electron chi connectivity index (χ2n) is 6.30. The summed E-state index contributed by atoms with van der Waals surface area (Å²) in [5.41, 5.74) is 14.1. The lowest BCUT2D eigenvalue weighted by atomic mass is 9.99. The highest BCUT2D eigenvalue weighted by atomic mass is 16.5. The van der Waals surface area contributed by atoms with Crippen LogP contribution in [0.5, 0.6) is 5.75 Å². The number of nitrogens with two attached hydrogens (primary N) is 1. The van der Waals surface area contributed by atoms with E-state index >= 15 is 0 Å². The molecule has 0 amide bonds. The summed E-state index contributed by atoms with van der Waals surface area (Å²) in [6.07, 6.45) is 0. The zero-order chi connectivity index (χ0) is 17.0. The molecule has 1 atom stereocenters. The van der Waals surface area contributed by atoms with E-state index in [2.05, 4.69) is 35.3 Å². The first-order chi connectivity index (χ1) is 12.3. The molecule has 0 unspecified atom stereocenters. The van der Waals surface area contributed by atoms with Gasteiger partial charge in [0.2, 0.25) is 0 Å². The normalized spacial score (nSPS) is 15.2. The minimum absolute atomic E-state index is 0.0874. The van der Waals surface area contributed by atoms with E-state index < -0.39 is 0 Å². The molecule has 3 N–H and O–H groups in total. The highest BCUT2D eigenvalue weighted by molar-refractivity contribution is 5.91. The van der Waals surface area contributed by atoms with E-state index in [1.54, 1.807) is 7.11 Å². The van der Waals surface area contributed by atoms with Gasteiger partial charge < -0.3 is 15.5 Å². The molecule has 4 aromatic rings. The number of aromatic nitrogens is 2. The Morgan fingerprint density at radius 3 is 2.64 bits per heavy atom. The van der Waals surface area contributed by atoms with Gasteiger partial charge in [-0.3, -0.25) is 0 Å². The quantitative estimate of drug-likeness (QED) is 0.578. The molecule has 25 heavy (non-hydrogen) atoms. The number of rotatable bonds is 2. The van der Waals surface area contributed by atoms with E-state index in [4.69, 9.17) is 15.5 Å². The number of nitrogens with zero attached hydrogens (tertiary/aromatic N) is 1. The summed E-state index contributed by atoms with van der Waals surface area (Å²) in [4.78, 5) is 8.21. The first-order valence-electron chi connectivity index (χ1n) is 8.28. The van der Waals surface area contributed by atoms with Gasteiger partial charge in [-0.2, -0.15) is 0 Å². The van der Waals surface area contributed by atoms with Crippen molar-refractivity contribution in [2.45, 2.75) is 6.04 Å². The number of aromatic amines is 1. The van der Waals surface area contributed by atoms with Crippen LogP contribution in [0.1, 0.15) is 17.2 Å². The van der Waals surface area contributed by atoms with Gasteiger partial charge in [-0.25, -0.2) is 4.98 Å². The summed E-state index contributed by atoms with van der Waals surface area (Å²) in [7, 11) is 1.67. The number of H-pyrrole nitrogens is 1. The van der Waals surface area contributed by atoms with Crippen LogP contribution in [0.15, 0.2) is 60.7 Å². The first kappa shape index (κ1) is 14.3. The van der Waals surface area contributed by atoms with Gasteiger partial charge >= 0.3 is 0 Å². The van der Waals surface area contributed by atoms with Gasteiger partial charge in [-0.05, 0) is 34.4 Å². The summed E-state index contributed by atoms with van der Waals surface area (Å²) in [6, 6.07) is 20.4. The summed E-state index contributed by atoms with van der Waals surface area (Å²) in [6.45, 7) is 0. The molecule has 1 heterocycles. The molecule has 4 heteroatoms. The lowest BCUT2D eigenvalue weighted by Crippen LogP contribution is -2.07. The standard InChI is InChI=1S/C21H17N3O/c1-25-12-9-10-17-18(11-12)24-21(23-17)16-8-4-7-15-19(16)13-5-2-3-6-14(13)20(15)22/h2-11,20H,22H2,1H3,(H,23,24)/t20-/m1/s1. The van der Waals surface area contributed by atoms with Crippen molar-refractivity contribution < 1.29 is 4.74 Å². The van der Waals surface area contributed by atoms with Crippen LogP contribution < -0.4 is 10.5 Å². The zero-order valence-electron chi connectivity index (χ0n) is 13.8. The predicted molar refractivity (Wildman–Crippen MR) is 99.5 cm³/mol. The molecule has 0 fully saturated rings. The molecule has 0 aliphatic heterocycles. The molecule has 3 aromatic carbocycles. The summed E-state index contributed by atoms with van der Waals surface area (Å²) >= 11 is 0. The van der Waals surface area contributed by atoms with Crippen LogP contribution in [0.2, 0.25) is 0 Å². The molecule has 5 rings (SSSR count). The predicted octanol–water partition coefficient (Wildman–Crippen LogP) is 4.27. The van der Waals surface area contributed by atoms with Crippen LogP contribution in [0.4, 0.5) is 0 Å². The third-order valence-electron chi connectivity index (χ3n) is 4.94. The molecule has 122 valence electrons. The van der Waals surface area contributed by atoms with Gasteiger partial charge in [0.15, 0.2) is 0 Å². The molecule has 0 saturated carbocycles. The highest BCUT2D eigenvalue weighted by Gasteiger charge is 2.28. The van der Waals surface area contributed by atoms with Crippen LogP contribution in [-0.4, -0.2) is 17.1 Å². The molecule has 0 spiro atoms. The summed E-state index contributed by atoms with van der Waals surface area (Å²) in [5.74, 6) is 1.66. The van der Waals surface area contributed by atoms with Gasteiger partial charge in [-0.1, -0.05) is 42.5 Å². The number of imidazole rings is 1. The molecule has 0 radical (unpaired) electrons. The third-order valence-corrected chi connectivity index (χ3v) is 4.94. The van der Waals surface area contributed by atoms with Gasteiger partial charge in [0, 0.05) is 11.6 Å². The maximum atomic E-state index is 6.47.